The van der Waals surface area contributed by atoms with Crippen molar-refractivity contribution in [3.05, 3.63) is 5.01 Å². The highest BCUT2D eigenvalue weighted by molar-refractivity contribution is 8.01. The Morgan fingerprint density at radius 3 is 2.79 bits per heavy atom. The standard InChI is InChI=1S/C10H16N4O3S2/c1-6(12-9(16)17-3)8(15)11-4-5-18-10-14-13-7(2)19-10/h6H,4-5H2,1-3H3,(H,11,15)(H,12,16)/t6-/m1/s1. The van der Waals surface area contributed by atoms with Crippen molar-refractivity contribution in [3.8, 4) is 0 Å². The molecule has 9 heteroatoms. The Bertz CT molecular complexity index is 438. The molecule has 1 heterocycles. The van der Waals surface area contributed by atoms with Gasteiger partial charge in [0.15, 0.2) is 4.34 Å². The second-order valence-electron chi connectivity index (χ2n) is 3.58. The van der Waals surface area contributed by atoms with E-state index >= 15 is 0 Å². The maximum absolute atomic E-state index is 11.6. The van der Waals surface area contributed by atoms with Gasteiger partial charge in [-0.3, -0.25) is 4.79 Å². The number of amides is 2. The number of hydrogen-bond acceptors (Lipinski definition) is 7. The third-order valence-corrected chi connectivity index (χ3v) is 4.02. The number of carbonyl (C=O) groups is 2. The van der Waals surface area contributed by atoms with Crippen molar-refractivity contribution in [2.24, 2.45) is 0 Å². The molecule has 1 atom stereocenters. The summed E-state index contributed by atoms with van der Waals surface area (Å²) in [6.45, 7) is 3.98. The molecule has 0 radical (unpaired) electrons. The molecule has 1 rings (SSSR count). The fraction of sp³-hybridized carbons (Fsp3) is 0.600. The minimum absolute atomic E-state index is 0.251. The van der Waals surface area contributed by atoms with Gasteiger partial charge in [0.25, 0.3) is 0 Å². The minimum atomic E-state index is -0.624. The Balaban J connectivity index is 2.18. The first kappa shape index (κ1) is 15.7. The topological polar surface area (TPSA) is 93.2 Å². The molecule has 0 aliphatic rings. The molecule has 7 nitrogen and oxygen atoms in total. The lowest BCUT2D eigenvalue weighted by Crippen LogP contribution is -2.45. The average molecular weight is 304 g/mol. The highest BCUT2D eigenvalue weighted by atomic mass is 32.2. The number of hydrogen-bond donors (Lipinski definition) is 2. The fourth-order valence-corrected chi connectivity index (χ4v) is 2.84. The van der Waals surface area contributed by atoms with Gasteiger partial charge in [-0.25, -0.2) is 4.79 Å². The van der Waals surface area contributed by atoms with E-state index in [2.05, 4.69) is 25.6 Å². The van der Waals surface area contributed by atoms with E-state index in [0.717, 1.165) is 9.35 Å². The summed E-state index contributed by atoms with van der Waals surface area (Å²) >= 11 is 3.05. The Hall–Kier alpha value is -1.35. The monoisotopic (exact) mass is 304 g/mol. The van der Waals surface area contributed by atoms with E-state index in [1.165, 1.54) is 30.2 Å². The van der Waals surface area contributed by atoms with Gasteiger partial charge < -0.3 is 15.4 Å². The molecule has 19 heavy (non-hydrogen) atoms. The maximum Gasteiger partial charge on any atom is 0.407 e. The highest BCUT2D eigenvalue weighted by Crippen LogP contribution is 2.20. The van der Waals surface area contributed by atoms with Gasteiger partial charge in [-0.1, -0.05) is 23.1 Å². The van der Waals surface area contributed by atoms with Gasteiger partial charge in [0, 0.05) is 12.3 Å². The Kier molecular flexibility index (Phi) is 6.57. The number of carbonyl (C=O) groups excluding carboxylic acids is 2. The van der Waals surface area contributed by atoms with Gasteiger partial charge in [0.2, 0.25) is 5.91 Å². The number of ether oxygens (including phenoxy) is 1. The number of alkyl carbamates (subject to hydrolysis) is 1. The number of methoxy groups -OCH3 is 1. The van der Waals surface area contributed by atoms with Crippen LogP contribution >= 0.6 is 23.1 Å². The third-order valence-electron chi connectivity index (χ3n) is 2.05. The van der Waals surface area contributed by atoms with Gasteiger partial charge in [0.05, 0.1) is 7.11 Å². The molecule has 0 saturated carbocycles. The summed E-state index contributed by atoms with van der Waals surface area (Å²) < 4.78 is 5.29. The van der Waals surface area contributed by atoms with Crippen LogP contribution in [0.5, 0.6) is 0 Å². The summed E-state index contributed by atoms with van der Waals surface area (Å²) in [6, 6.07) is -0.624. The van der Waals surface area contributed by atoms with Gasteiger partial charge in [-0.15, -0.1) is 10.2 Å². The van der Waals surface area contributed by atoms with E-state index in [-0.39, 0.29) is 5.91 Å². The summed E-state index contributed by atoms with van der Waals surface area (Å²) in [7, 11) is 1.25. The van der Waals surface area contributed by atoms with Crippen LogP contribution in [-0.2, 0) is 9.53 Å². The van der Waals surface area contributed by atoms with Crippen molar-refractivity contribution >= 4 is 35.1 Å². The van der Waals surface area contributed by atoms with Crippen LogP contribution in [0.15, 0.2) is 4.34 Å². The van der Waals surface area contributed by atoms with E-state index in [4.69, 9.17) is 0 Å². The summed E-state index contributed by atoms with van der Waals surface area (Å²) in [5, 5.41) is 13.9. The minimum Gasteiger partial charge on any atom is -0.453 e. The lowest BCUT2D eigenvalue weighted by Gasteiger charge is -2.12. The fourth-order valence-electron chi connectivity index (χ4n) is 1.10. The van der Waals surface area contributed by atoms with Gasteiger partial charge in [-0.05, 0) is 13.8 Å². The lowest BCUT2D eigenvalue weighted by atomic mass is 10.3. The Morgan fingerprint density at radius 2 is 2.21 bits per heavy atom. The second kappa shape index (κ2) is 7.95. The molecule has 1 aromatic heterocycles. The van der Waals surface area contributed by atoms with E-state index in [9.17, 15) is 9.59 Å². The van der Waals surface area contributed by atoms with Crippen molar-refractivity contribution in [3.63, 3.8) is 0 Å². The average Bonchev–Trinajstić information content (AvgIpc) is 2.79. The molecule has 0 spiro atoms. The molecule has 1 aromatic rings. The van der Waals surface area contributed by atoms with Crippen LogP contribution in [-0.4, -0.2) is 47.6 Å². The van der Waals surface area contributed by atoms with Crippen LogP contribution in [0.4, 0.5) is 4.79 Å². The normalized spacial score (nSPS) is 11.7. The van der Waals surface area contributed by atoms with E-state index in [0.29, 0.717) is 12.3 Å². The molecule has 0 saturated heterocycles. The molecule has 106 valence electrons. The van der Waals surface area contributed by atoms with Crippen molar-refractivity contribution in [1.82, 2.24) is 20.8 Å². The number of rotatable bonds is 6. The Labute approximate surface area is 119 Å². The quantitative estimate of drug-likeness (QED) is 0.596. The number of aromatic nitrogens is 2. The molecule has 2 amide bonds. The molecule has 0 aromatic carbocycles. The van der Waals surface area contributed by atoms with Crippen LogP contribution in [0.1, 0.15) is 11.9 Å². The predicted molar refractivity (Wildman–Crippen MR) is 73.4 cm³/mol. The molecule has 0 bridgehead atoms. The van der Waals surface area contributed by atoms with Crippen molar-refractivity contribution in [1.29, 1.82) is 0 Å². The largest absolute Gasteiger partial charge is 0.453 e. The van der Waals surface area contributed by atoms with Crippen LogP contribution in [0.3, 0.4) is 0 Å². The molecule has 0 aliphatic heterocycles. The number of nitrogens with one attached hydrogen (secondary N) is 2. The van der Waals surface area contributed by atoms with Crippen LogP contribution < -0.4 is 10.6 Å². The van der Waals surface area contributed by atoms with Gasteiger partial charge >= 0.3 is 6.09 Å². The first-order valence-corrected chi connectivity index (χ1v) is 7.38. The predicted octanol–water partition coefficient (Wildman–Crippen LogP) is 0.799. The van der Waals surface area contributed by atoms with Crippen LogP contribution in [0, 0.1) is 6.92 Å². The van der Waals surface area contributed by atoms with Crippen molar-refractivity contribution < 1.29 is 14.3 Å². The zero-order valence-electron chi connectivity index (χ0n) is 10.9. The summed E-state index contributed by atoms with van der Waals surface area (Å²) in [6.07, 6.45) is -0.624. The zero-order chi connectivity index (χ0) is 14.3. The maximum atomic E-state index is 11.6. The van der Waals surface area contributed by atoms with E-state index in [1.807, 2.05) is 6.92 Å². The molecule has 0 unspecified atom stereocenters. The Morgan fingerprint density at radius 1 is 1.47 bits per heavy atom. The summed E-state index contributed by atoms with van der Waals surface area (Å²) in [4.78, 5) is 22.5. The first-order chi connectivity index (χ1) is 9.02. The number of thioether (sulfide) groups is 1. The summed E-state index contributed by atoms with van der Waals surface area (Å²) in [5.74, 6) is 0.449. The second-order valence-corrected chi connectivity index (χ2v) is 6.11. The van der Waals surface area contributed by atoms with E-state index < -0.39 is 12.1 Å². The third kappa shape index (κ3) is 5.88. The van der Waals surface area contributed by atoms with Gasteiger partial charge in [0.1, 0.15) is 11.0 Å². The number of aryl methyl sites for hydroxylation is 1. The SMILES string of the molecule is COC(=O)N[C@H](C)C(=O)NCCSc1nnc(C)s1. The van der Waals surface area contributed by atoms with Crippen LogP contribution in [0.25, 0.3) is 0 Å². The number of nitrogens with zero attached hydrogens (tertiary/aromatic N) is 2. The molecular weight excluding hydrogens is 288 g/mol. The van der Waals surface area contributed by atoms with Gasteiger partial charge in [-0.2, -0.15) is 0 Å². The highest BCUT2D eigenvalue weighted by Gasteiger charge is 2.14. The smallest absolute Gasteiger partial charge is 0.407 e. The molecule has 2 N–H and O–H groups in total. The molecular formula is C10H16N4O3S2. The van der Waals surface area contributed by atoms with Crippen molar-refractivity contribution in [2.45, 2.75) is 24.2 Å². The van der Waals surface area contributed by atoms with Crippen LogP contribution in [0.2, 0.25) is 0 Å². The zero-order valence-corrected chi connectivity index (χ0v) is 12.6. The molecule has 0 fully saturated rings. The first-order valence-electron chi connectivity index (χ1n) is 5.58. The lowest BCUT2D eigenvalue weighted by molar-refractivity contribution is -0.122. The van der Waals surface area contributed by atoms with E-state index in [1.54, 1.807) is 6.92 Å². The summed E-state index contributed by atoms with van der Waals surface area (Å²) in [5.41, 5.74) is 0. The van der Waals surface area contributed by atoms with Crippen molar-refractivity contribution in [2.75, 3.05) is 19.4 Å². The molecule has 0 aliphatic carbocycles.